The van der Waals surface area contributed by atoms with Crippen LogP contribution in [0.25, 0.3) is 0 Å². The van der Waals surface area contributed by atoms with Crippen molar-refractivity contribution in [2.45, 2.75) is 26.3 Å². The Morgan fingerprint density at radius 2 is 1.79 bits per heavy atom. The molecule has 3 heteroatoms. The Morgan fingerprint density at radius 3 is 2.29 bits per heavy atom. The van der Waals surface area contributed by atoms with E-state index in [-0.39, 0.29) is 0 Å². The molecule has 0 aliphatic heterocycles. The van der Waals surface area contributed by atoms with Crippen LogP contribution in [0.2, 0.25) is 10.0 Å². The van der Waals surface area contributed by atoms with E-state index in [0.717, 1.165) is 18.5 Å². The summed E-state index contributed by atoms with van der Waals surface area (Å²) in [6.45, 7) is 5.26. The average molecular weight is 232 g/mol. The predicted octanol–water partition coefficient (Wildman–Crippen LogP) is 4.05. The number of rotatable bonds is 4. The van der Waals surface area contributed by atoms with Gasteiger partial charge in [0.2, 0.25) is 0 Å². The summed E-state index contributed by atoms with van der Waals surface area (Å²) < 4.78 is 0. The lowest BCUT2D eigenvalue weighted by molar-refractivity contribution is 0.571. The van der Waals surface area contributed by atoms with Crippen LogP contribution in [0.4, 0.5) is 0 Å². The molecule has 0 saturated heterocycles. The topological polar surface area (TPSA) is 12.0 Å². The molecule has 1 atom stereocenters. The van der Waals surface area contributed by atoms with Crippen LogP contribution in [0, 0.1) is 0 Å². The third-order valence-electron chi connectivity index (χ3n) is 2.09. The monoisotopic (exact) mass is 231 g/mol. The molecule has 0 aliphatic rings. The van der Waals surface area contributed by atoms with E-state index >= 15 is 0 Å². The summed E-state index contributed by atoms with van der Waals surface area (Å²) in [5.41, 5.74) is 1.14. The van der Waals surface area contributed by atoms with E-state index in [1.807, 2.05) is 12.1 Å². The van der Waals surface area contributed by atoms with Gasteiger partial charge in [0, 0.05) is 16.1 Å². The van der Waals surface area contributed by atoms with Gasteiger partial charge >= 0.3 is 0 Å². The Hall–Kier alpha value is -0.240. The van der Waals surface area contributed by atoms with Gasteiger partial charge in [-0.1, -0.05) is 30.1 Å². The van der Waals surface area contributed by atoms with E-state index in [1.54, 1.807) is 6.07 Å². The maximum Gasteiger partial charge on any atom is 0.0424 e. The fourth-order valence-corrected chi connectivity index (χ4v) is 1.85. The van der Waals surface area contributed by atoms with Crippen molar-refractivity contribution in [3.63, 3.8) is 0 Å². The van der Waals surface area contributed by atoms with Gasteiger partial charge in [0.25, 0.3) is 0 Å². The number of nitrogens with one attached hydrogen (secondary N) is 1. The van der Waals surface area contributed by atoms with Gasteiger partial charge in [-0.2, -0.15) is 0 Å². The lowest BCUT2D eigenvalue weighted by atomic mass is 10.1. The van der Waals surface area contributed by atoms with Crippen LogP contribution in [0.1, 0.15) is 31.9 Å². The quantitative estimate of drug-likeness (QED) is 0.825. The second-order valence-electron chi connectivity index (χ2n) is 3.38. The molecule has 0 amide bonds. The standard InChI is InChI=1S/C11H15Cl2N/c1-3-4-14-8(2)9-5-10(12)7-11(13)6-9/h5-8,14H,3-4H2,1-2H3/t8-/m1/s1. The summed E-state index contributed by atoms with van der Waals surface area (Å²) in [6.07, 6.45) is 1.12. The molecule has 1 aromatic rings. The zero-order chi connectivity index (χ0) is 10.6. The van der Waals surface area contributed by atoms with Crippen molar-refractivity contribution in [1.82, 2.24) is 5.32 Å². The summed E-state index contributed by atoms with van der Waals surface area (Å²) >= 11 is 11.8. The number of halogens is 2. The van der Waals surface area contributed by atoms with E-state index in [2.05, 4.69) is 19.2 Å². The van der Waals surface area contributed by atoms with Gasteiger partial charge in [0.05, 0.1) is 0 Å². The largest absolute Gasteiger partial charge is 0.310 e. The lowest BCUT2D eigenvalue weighted by Crippen LogP contribution is -2.19. The first-order valence-corrected chi connectivity index (χ1v) is 5.58. The summed E-state index contributed by atoms with van der Waals surface area (Å²) in [6, 6.07) is 5.94. The molecule has 0 saturated carbocycles. The highest BCUT2D eigenvalue weighted by molar-refractivity contribution is 6.34. The van der Waals surface area contributed by atoms with Crippen molar-refractivity contribution in [3.8, 4) is 0 Å². The number of hydrogen-bond acceptors (Lipinski definition) is 1. The first-order valence-electron chi connectivity index (χ1n) is 4.83. The van der Waals surface area contributed by atoms with Crippen molar-refractivity contribution in [1.29, 1.82) is 0 Å². The molecule has 0 aliphatic carbocycles. The Balaban J connectivity index is 2.73. The SMILES string of the molecule is CCCN[C@H](C)c1cc(Cl)cc(Cl)c1. The zero-order valence-corrected chi connectivity index (χ0v) is 9.99. The van der Waals surface area contributed by atoms with Crippen molar-refractivity contribution in [2.75, 3.05) is 6.54 Å². The van der Waals surface area contributed by atoms with Crippen LogP contribution in [0.5, 0.6) is 0 Å². The highest BCUT2D eigenvalue weighted by Gasteiger charge is 2.05. The minimum absolute atomic E-state index is 0.297. The van der Waals surface area contributed by atoms with Crippen molar-refractivity contribution in [2.24, 2.45) is 0 Å². The summed E-state index contributed by atoms with van der Waals surface area (Å²) in [4.78, 5) is 0. The molecule has 1 aromatic carbocycles. The summed E-state index contributed by atoms with van der Waals surface area (Å²) in [7, 11) is 0. The molecule has 14 heavy (non-hydrogen) atoms. The fraction of sp³-hybridized carbons (Fsp3) is 0.455. The Morgan fingerprint density at radius 1 is 1.21 bits per heavy atom. The molecule has 78 valence electrons. The van der Waals surface area contributed by atoms with Gasteiger partial charge in [-0.3, -0.25) is 0 Å². The Kier molecular flexibility index (Phi) is 4.73. The van der Waals surface area contributed by atoms with Crippen LogP contribution >= 0.6 is 23.2 Å². The van der Waals surface area contributed by atoms with E-state index in [4.69, 9.17) is 23.2 Å². The minimum atomic E-state index is 0.297. The number of hydrogen-bond donors (Lipinski definition) is 1. The Labute approximate surface area is 95.4 Å². The molecular formula is C11H15Cl2N. The van der Waals surface area contributed by atoms with Crippen LogP contribution in [0.3, 0.4) is 0 Å². The van der Waals surface area contributed by atoms with Gasteiger partial charge in [-0.15, -0.1) is 0 Å². The van der Waals surface area contributed by atoms with Gasteiger partial charge in [0.15, 0.2) is 0 Å². The molecule has 0 aromatic heterocycles. The molecule has 0 heterocycles. The molecular weight excluding hydrogens is 217 g/mol. The molecule has 0 spiro atoms. The second-order valence-corrected chi connectivity index (χ2v) is 4.25. The van der Waals surface area contributed by atoms with Crippen LogP contribution in [-0.2, 0) is 0 Å². The third kappa shape index (κ3) is 3.49. The van der Waals surface area contributed by atoms with Crippen LogP contribution in [0.15, 0.2) is 18.2 Å². The Bertz CT molecular complexity index is 279. The van der Waals surface area contributed by atoms with E-state index in [9.17, 15) is 0 Å². The van der Waals surface area contributed by atoms with Crippen molar-refractivity contribution >= 4 is 23.2 Å². The molecule has 1 rings (SSSR count). The van der Waals surface area contributed by atoms with Crippen molar-refractivity contribution < 1.29 is 0 Å². The van der Waals surface area contributed by atoms with E-state index in [1.165, 1.54) is 0 Å². The maximum absolute atomic E-state index is 5.92. The van der Waals surface area contributed by atoms with E-state index < -0.39 is 0 Å². The van der Waals surface area contributed by atoms with E-state index in [0.29, 0.717) is 16.1 Å². The summed E-state index contributed by atoms with van der Waals surface area (Å²) in [5, 5.41) is 4.77. The lowest BCUT2D eigenvalue weighted by Gasteiger charge is -2.14. The fourth-order valence-electron chi connectivity index (χ4n) is 1.30. The second kappa shape index (κ2) is 5.59. The highest BCUT2D eigenvalue weighted by Crippen LogP contribution is 2.23. The van der Waals surface area contributed by atoms with Crippen LogP contribution in [-0.4, -0.2) is 6.54 Å². The number of benzene rings is 1. The zero-order valence-electron chi connectivity index (χ0n) is 8.48. The molecule has 1 N–H and O–H groups in total. The third-order valence-corrected chi connectivity index (χ3v) is 2.52. The van der Waals surface area contributed by atoms with Gasteiger partial charge < -0.3 is 5.32 Å². The molecule has 0 fully saturated rings. The summed E-state index contributed by atoms with van der Waals surface area (Å²) in [5.74, 6) is 0. The maximum atomic E-state index is 5.92. The van der Waals surface area contributed by atoms with Gasteiger partial charge in [-0.25, -0.2) is 0 Å². The van der Waals surface area contributed by atoms with Gasteiger partial charge in [-0.05, 0) is 43.7 Å². The molecule has 1 nitrogen and oxygen atoms in total. The highest BCUT2D eigenvalue weighted by atomic mass is 35.5. The van der Waals surface area contributed by atoms with Crippen molar-refractivity contribution in [3.05, 3.63) is 33.8 Å². The minimum Gasteiger partial charge on any atom is -0.310 e. The van der Waals surface area contributed by atoms with Crippen LogP contribution < -0.4 is 5.32 Å². The molecule has 0 radical (unpaired) electrons. The molecule has 0 unspecified atom stereocenters. The first-order chi connectivity index (χ1) is 6.63. The first kappa shape index (κ1) is 11.8. The van der Waals surface area contributed by atoms with Gasteiger partial charge in [0.1, 0.15) is 0 Å². The smallest absolute Gasteiger partial charge is 0.0424 e. The average Bonchev–Trinajstić information content (AvgIpc) is 2.12. The predicted molar refractivity (Wildman–Crippen MR) is 63.2 cm³/mol. The normalized spacial score (nSPS) is 12.9. The molecule has 0 bridgehead atoms.